The maximum Gasteiger partial charge on any atom is 0.123 e. The first kappa shape index (κ1) is 20.3. The van der Waals surface area contributed by atoms with E-state index in [2.05, 4.69) is 0 Å². The third kappa shape index (κ3) is 5.23. The van der Waals surface area contributed by atoms with Crippen LogP contribution < -0.4 is 0 Å². The lowest BCUT2D eigenvalue weighted by Crippen LogP contribution is -2.44. The molecule has 2 aromatic carbocycles. The maximum absolute atomic E-state index is 13.2. The van der Waals surface area contributed by atoms with Crippen molar-refractivity contribution in [3.63, 3.8) is 0 Å². The van der Waals surface area contributed by atoms with E-state index in [9.17, 15) is 13.9 Å². The maximum atomic E-state index is 13.2. The SMILES string of the molecule is CC(=Cc1ccc(F)cc1)C(O)(Cc1ccc(F)cc1)C(C)CN(C)C. The van der Waals surface area contributed by atoms with Gasteiger partial charge in [-0.15, -0.1) is 0 Å². The van der Waals surface area contributed by atoms with Crippen molar-refractivity contribution in [2.45, 2.75) is 25.9 Å². The van der Waals surface area contributed by atoms with E-state index in [1.165, 1.54) is 24.3 Å². The van der Waals surface area contributed by atoms with Gasteiger partial charge < -0.3 is 10.0 Å². The summed E-state index contributed by atoms with van der Waals surface area (Å²) in [7, 11) is 3.93. The van der Waals surface area contributed by atoms with Gasteiger partial charge in [-0.2, -0.15) is 0 Å². The number of nitrogens with zero attached hydrogens (tertiary/aromatic N) is 1. The molecule has 0 heterocycles. The number of rotatable bonds is 7. The molecule has 1 N–H and O–H groups in total. The molecule has 26 heavy (non-hydrogen) atoms. The first-order valence-electron chi connectivity index (χ1n) is 8.76. The van der Waals surface area contributed by atoms with Gasteiger partial charge in [-0.25, -0.2) is 8.78 Å². The van der Waals surface area contributed by atoms with Crippen LogP contribution in [0.5, 0.6) is 0 Å². The standard InChI is InChI=1S/C22H27F2NO/c1-16(13-18-5-9-20(23)10-6-18)22(26,17(2)15-25(3)4)14-19-7-11-21(24)12-8-19/h5-13,17,26H,14-15H2,1-4H3. The van der Waals surface area contributed by atoms with E-state index in [-0.39, 0.29) is 17.6 Å². The van der Waals surface area contributed by atoms with E-state index in [0.29, 0.717) is 13.0 Å². The molecule has 4 heteroatoms. The van der Waals surface area contributed by atoms with E-state index in [4.69, 9.17) is 0 Å². The molecule has 0 spiro atoms. The number of aliphatic hydroxyl groups is 1. The summed E-state index contributed by atoms with van der Waals surface area (Å²) in [6.45, 7) is 4.59. The summed E-state index contributed by atoms with van der Waals surface area (Å²) < 4.78 is 26.4. The van der Waals surface area contributed by atoms with Gasteiger partial charge in [-0.3, -0.25) is 0 Å². The zero-order valence-electron chi connectivity index (χ0n) is 15.8. The molecule has 0 aliphatic carbocycles. The van der Waals surface area contributed by atoms with Crippen molar-refractivity contribution in [3.8, 4) is 0 Å². The summed E-state index contributed by atoms with van der Waals surface area (Å²) >= 11 is 0. The normalized spacial score (nSPS) is 15.8. The zero-order valence-corrected chi connectivity index (χ0v) is 15.8. The van der Waals surface area contributed by atoms with Crippen LogP contribution in [-0.2, 0) is 6.42 Å². The summed E-state index contributed by atoms with van der Waals surface area (Å²) in [5, 5.41) is 11.6. The van der Waals surface area contributed by atoms with E-state index >= 15 is 0 Å². The summed E-state index contributed by atoms with van der Waals surface area (Å²) in [6, 6.07) is 12.4. The lowest BCUT2D eigenvalue weighted by Gasteiger charge is -2.37. The zero-order chi connectivity index (χ0) is 19.3. The number of benzene rings is 2. The van der Waals surface area contributed by atoms with Gasteiger partial charge in [-0.05, 0) is 62.0 Å². The number of hydrogen-bond donors (Lipinski definition) is 1. The topological polar surface area (TPSA) is 23.5 Å². The fourth-order valence-electron chi connectivity index (χ4n) is 3.25. The molecule has 2 atom stereocenters. The average Bonchev–Trinajstić information content (AvgIpc) is 2.58. The third-order valence-electron chi connectivity index (χ3n) is 4.78. The Morgan fingerprint density at radius 1 is 1.04 bits per heavy atom. The number of halogens is 2. The Hall–Kier alpha value is -2.04. The smallest absolute Gasteiger partial charge is 0.123 e. The van der Waals surface area contributed by atoms with Gasteiger partial charge >= 0.3 is 0 Å². The summed E-state index contributed by atoms with van der Waals surface area (Å²) in [5.41, 5.74) is 1.39. The highest BCUT2D eigenvalue weighted by atomic mass is 19.1. The summed E-state index contributed by atoms with van der Waals surface area (Å²) in [6.07, 6.45) is 2.26. The van der Waals surface area contributed by atoms with Crippen molar-refractivity contribution in [1.29, 1.82) is 0 Å². The summed E-state index contributed by atoms with van der Waals surface area (Å²) in [5.74, 6) is -0.640. The molecule has 2 nitrogen and oxygen atoms in total. The summed E-state index contributed by atoms with van der Waals surface area (Å²) in [4.78, 5) is 2.03. The molecule has 0 saturated carbocycles. The second kappa shape index (κ2) is 8.56. The molecule has 0 saturated heterocycles. The minimum absolute atomic E-state index is 0.0562. The van der Waals surface area contributed by atoms with Crippen LogP contribution in [0, 0.1) is 17.6 Å². The molecule has 0 aliphatic heterocycles. The van der Waals surface area contributed by atoms with Gasteiger partial charge in [0.05, 0.1) is 5.60 Å². The Labute approximate surface area is 154 Å². The van der Waals surface area contributed by atoms with Crippen molar-refractivity contribution in [2.75, 3.05) is 20.6 Å². The molecular formula is C22H27F2NO. The monoisotopic (exact) mass is 359 g/mol. The molecule has 2 rings (SSSR count). The van der Waals surface area contributed by atoms with Crippen LogP contribution in [0.1, 0.15) is 25.0 Å². The van der Waals surface area contributed by atoms with Gasteiger partial charge in [0.1, 0.15) is 11.6 Å². The quantitative estimate of drug-likeness (QED) is 0.785. The first-order valence-corrected chi connectivity index (χ1v) is 8.76. The van der Waals surface area contributed by atoms with Crippen LogP contribution in [0.4, 0.5) is 8.78 Å². The van der Waals surface area contributed by atoms with Gasteiger partial charge in [0.25, 0.3) is 0 Å². The Kier molecular flexibility index (Phi) is 6.68. The predicted molar refractivity (Wildman–Crippen MR) is 103 cm³/mol. The second-order valence-electron chi connectivity index (χ2n) is 7.27. The van der Waals surface area contributed by atoms with E-state index in [1.807, 2.05) is 38.9 Å². The van der Waals surface area contributed by atoms with Crippen molar-refractivity contribution in [2.24, 2.45) is 5.92 Å². The van der Waals surface area contributed by atoms with Gasteiger partial charge in [0.15, 0.2) is 0 Å². The second-order valence-corrected chi connectivity index (χ2v) is 7.27. The van der Waals surface area contributed by atoms with Crippen LogP contribution in [0.2, 0.25) is 0 Å². The van der Waals surface area contributed by atoms with Gasteiger partial charge in [-0.1, -0.05) is 37.3 Å². The van der Waals surface area contributed by atoms with Gasteiger partial charge in [0, 0.05) is 18.9 Å². The Bertz CT molecular complexity index is 738. The molecule has 2 unspecified atom stereocenters. The molecule has 0 bridgehead atoms. The lowest BCUT2D eigenvalue weighted by atomic mass is 9.77. The minimum atomic E-state index is -1.10. The highest BCUT2D eigenvalue weighted by molar-refractivity contribution is 5.55. The molecule has 0 aromatic heterocycles. The van der Waals surface area contributed by atoms with Crippen LogP contribution >= 0.6 is 0 Å². The van der Waals surface area contributed by atoms with Crippen molar-refractivity contribution >= 4 is 6.08 Å². The molecule has 0 radical (unpaired) electrons. The molecule has 0 amide bonds. The Balaban J connectivity index is 2.37. The molecule has 0 fully saturated rings. The van der Waals surface area contributed by atoms with Crippen molar-refractivity contribution < 1.29 is 13.9 Å². The van der Waals surface area contributed by atoms with E-state index in [1.54, 1.807) is 24.3 Å². The highest BCUT2D eigenvalue weighted by Crippen LogP contribution is 2.32. The molecular weight excluding hydrogens is 332 g/mol. The van der Waals surface area contributed by atoms with Crippen LogP contribution in [0.25, 0.3) is 6.08 Å². The highest BCUT2D eigenvalue weighted by Gasteiger charge is 2.36. The van der Waals surface area contributed by atoms with Crippen molar-refractivity contribution in [1.82, 2.24) is 4.90 Å². The molecule has 0 aliphatic rings. The molecule has 140 valence electrons. The van der Waals surface area contributed by atoms with Crippen molar-refractivity contribution in [3.05, 3.63) is 76.9 Å². The lowest BCUT2D eigenvalue weighted by molar-refractivity contribution is 0.0149. The average molecular weight is 359 g/mol. The van der Waals surface area contributed by atoms with Crippen LogP contribution in [0.3, 0.4) is 0 Å². The first-order chi connectivity index (χ1) is 12.2. The van der Waals surface area contributed by atoms with Gasteiger partial charge in [0.2, 0.25) is 0 Å². The Morgan fingerprint density at radius 3 is 2.04 bits per heavy atom. The Morgan fingerprint density at radius 2 is 1.54 bits per heavy atom. The number of hydrogen-bond acceptors (Lipinski definition) is 2. The minimum Gasteiger partial charge on any atom is -0.385 e. The fourth-order valence-corrected chi connectivity index (χ4v) is 3.25. The van der Waals surface area contributed by atoms with E-state index in [0.717, 1.165) is 16.7 Å². The molecule has 2 aromatic rings. The largest absolute Gasteiger partial charge is 0.385 e. The fraction of sp³-hybridized carbons (Fsp3) is 0.364. The van der Waals surface area contributed by atoms with Crippen LogP contribution in [0.15, 0.2) is 54.1 Å². The van der Waals surface area contributed by atoms with E-state index < -0.39 is 5.60 Å². The predicted octanol–water partition coefficient (Wildman–Crippen LogP) is 4.54. The van der Waals surface area contributed by atoms with Crippen LogP contribution in [-0.4, -0.2) is 36.2 Å². The third-order valence-corrected chi connectivity index (χ3v) is 4.78.